The van der Waals surface area contributed by atoms with Crippen LogP contribution in [0.1, 0.15) is 18.7 Å². The third kappa shape index (κ3) is 5.33. The predicted octanol–water partition coefficient (Wildman–Crippen LogP) is 3.06. The lowest BCUT2D eigenvalue weighted by Crippen LogP contribution is -2.37. The van der Waals surface area contributed by atoms with Crippen LogP contribution < -0.4 is 15.0 Å². The fraction of sp³-hybridized carbons (Fsp3) is 0.333. The molecule has 3 heterocycles. The topological polar surface area (TPSA) is 93.4 Å². The molecule has 0 radical (unpaired) electrons. The number of hydrogen-bond acceptors (Lipinski definition) is 7. The highest BCUT2D eigenvalue weighted by molar-refractivity contribution is 5.76. The van der Waals surface area contributed by atoms with E-state index in [-0.39, 0.29) is 24.1 Å². The lowest BCUT2D eigenvalue weighted by Gasteiger charge is -2.22. The first-order valence-corrected chi connectivity index (χ1v) is 9.89. The Labute approximate surface area is 177 Å². The average Bonchev–Trinajstić information content (AvgIpc) is 3.43. The average molecular weight is 429 g/mol. The SMILES string of the molecule is O=C(CCc1nc(-c2cccnc2)no1)NC1CCN(c2ccccc2OC(F)F)C1. The van der Waals surface area contributed by atoms with E-state index >= 15 is 0 Å². The van der Waals surface area contributed by atoms with Crippen molar-refractivity contribution < 1.29 is 22.8 Å². The number of nitrogens with one attached hydrogen (secondary N) is 1. The molecular formula is C21H21F2N5O3. The monoisotopic (exact) mass is 429 g/mol. The molecule has 1 N–H and O–H groups in total. The highest BCUT2D eigenvalue weighted by atomic mass is 19.3. The van der Waals surface area contributed by atoms with Gasteiger partial charge in [0, 0.05) is 49.9 Å². The summed E-state index contributed by atoms with van der Waals surface area (Å²) < 4.78 is 35.1. The summed E-state index contributed by atoms with van der Waals surface area (Å²) in [4.78, 5) is 22.6. The number of anilines is 1. The van der Waals surface area contributed by atoms with Crippen LogP contribution >= 0.6 is 0 Å². The molecule has 0 saturated carbocycles. The Balaban J connectivity index is 1.27. The molecule has 4 rings (SSSR count). The molecule has 10 heteroatoms. The van der Waals surface area contributed by atoms with Crippen molar-refractivity contribution in [2.24, 2.45) is 0 Å². The number of rotatable bonds is 8. The molecule has 1 fully saturated rings. The van der Waals surface area contributed by atoms with Gasteiger partial charge in [-0.05, 0) is 30.7 Å². The van der Waals surface area contributed by atoms with E-state index in [1.54, 1.807) is 36.7 Å². The molecule has 0 spiro atoms. The Morgan fingerprint density at radius 2 is 2.16 bits per heavy atom. The van der Waals surface area contributed by atoms with Gasteiger partial charge in [0.15, 0.2) is 0 Å². The fourth-order valence-electron chi connectivity index (χ4n) is 3.50. The standard InChI is InChI=1S/C21H21F2N5O3/c22-21(23)30-17-6-2-1-5-16(17)28-11-9-15(13-28)25-18(29)7-8-19-26-20(27-31-19)14-4-3-10-24-12-14/h1-6,10,12,15,21H,7-9,11,13H2,(H,25,29). The van der Waals surface area contributed by atoms with Crippen LogP contribution in [-0.4, -0.2) is 46.8 Å². The van der Waals surface area contributed by atoms with Gasteiger partial charge >= 0.3 is 6.61 Å². The maximum Gasteiger partial charge on any atom is 0.387 e. The van der Waals surface area contributed by atoms with Crippen LogP contribution in [0.3, 0.4) is 0 Å². The molecule has 1 aliphatic rings. The van der Waals surface area contributed by atoms with Crippen molar-refractivity contribution in [1.82, 2.24) is 20.4 Å². The van der Waals surface area contributed by atoms with Crippen molar-refractivity contribution in [1.29, 1.82) is 0 Å². The van der Waals surface area contributed by atoms with Gasteiger partial charge in [-0.1, -0.05) is 17.3 Å². The minimum Gasteiger partial charge on any atom is -0.433 e. The number of nitrogens with zero attached hydrogens (tertiary/aromatic N) is 4. The summed E-state index contributed by atoms with van der Waals surface area (Å²) in [6.07, 6.45) is 4.53. The summed E-state index contributed by atoms with van der Waals surface area (Å²) in [6, 6.07) is 10.2. The summed E-state index contributed by atoms with van der Waals surface area (Å²) in [6.45, 7) is -1.74. The number of para-hydroxylation sites is 2. The van der Waals surface area contributed by atoms with Crippen LogP contribution in [0.25, 0.3) is 11.4 Å². The first kappa shape index (κ1) is 20.7. The quantitative estimate of drug-likeness (QED) is 0.588. The molecule has 31 heavy (non-hydrogen) atoms. The lowest BCUT2D eigenvalue weighted by atomic mass is 10.2. The van der Waals surface area contributed by atoms with Crippen molar-refractivity contribution in [3.63, 3.8) is 0 Å². The van der Waals surface area contributed by atoms with E-state index < -0.39 is 6.61 Å². The van der Waals surface area contributed by atoms with Gasteiger partial charge in [-0.3, -0.25) is 9.78 Å². The number of amides is 1. The third-order valence-corrected chi connectivity index (χ3v) is 4.93. The molecule has 1 aromatic carbocycles. The number of carbonyl (C=O) groups excluding carboxylic acids is 1. The van der Waals surface area contributed by atoms with Gasteiger partial charge in [-0.2, -0.15) is 13.8 Å². The van der Waals surface area contributed by atoms with Gasteiger partial charge in [0.2, 0.25) is 17.6 Å². The van der Waals surface area contributed by atoms with Crippen molar-refractivity contribution >= 4 is 11.6 Å². The predicted molar refractivity (Wildman–Crippen MR) is 108 cm³/mol. The first-order chi connectivity index (χ1) is 15.1. The number of pyridine rings is 1. The van der Waals surface area contributed by atoms with Gasteiger partial charge in [0.25, 0.3) is 0 Å². The Morgan fingerprint density at radius 1 is 1.29 bits per heavy atom. The van der Waals surface area contributed by atoms with E-state index in [1.165, 1.54) is 6.07 Å². The normalized spacial score (nSPS) is 16.0. The second-order valence-corrected chi connectivity index (χ2v) is 7.10. The highest BCUT2D eigenvalue weighted by Crippen LogP contribution is 2.31. The van der Waals surface area contributed by atoms with Gasteiger partial charge in [0.1, 0.15) is 5.75 Å². The number of aryl methyl sites for hydroxylation is 1. The van der Waals surface area contributed by atoms with E-state index in [9.17, 15) is 13.6 Å². The Hall–Kier alpha value is -3.56. The van der Waals surface area contributed by atoms with E-state index in [0.717, 1.165) is 5.56 Å². The summed E-state index contributed by atoms with van der Waals surface area (Å²) in [5.41, 5.74) is 1.33. The molecule has 8 nitrogen and oxygen atoms in total. The maximum absolute atomic E-state index is 12.6. The minimum atomic E-state index is -2.89. The van der Waals surface area contributed by atoms with Crippen molar-refractivity contribution in [2.75, 3.05) is 18.0 Å². The molecule has 0 bridgehead atoms. The molecule has 0 aliphatic carbocycles. The molecule has 162 valence electrons. The molecule has 1 aliphatic heterocycles. The van der Waals surface area contributed by atoms with E-state index in [1.807, 2.05) is 11.0 Å². The number of ether oxygens (including phenoxy) is 1. The van der Waals surface area contributed by atoms with Crippen LogP contribution in [0.4, 0.5) is 14.5 Å². The van der Waals surface area contributed by atoms with E-state index in [0.29, 0.717) is 43.3 Å². The summed E-state index contributed by atoms with van der Waals surface area (Å²) in [7, 11) is 0. The number of alkyl halides is 2. The van der Waals surface area contributed by atoms with Crippen molar-refractivity contribution in [3.05, 3.63) is 54.7 Å². The van der Waals surface area contributed by atoms with E-state index in [4.69, 9.17) is 4.52 Å². The van der Waals surface area contributed by atoms with Gasteiger partial charge in [0.05, 0.1) is 5.69 Å². The molecular weight excluding hydrogens is 408 g/mol. The van der Waals surface area contributed by atoms with Crippen molar-refractivity contribution in [3.8, 4) is 17.1 Å². The second-order valence-electron chi connectivity index (χ2n) is 7.10. The van der Waals surface area contributed by atoms with Crippen LogP contribution in [0.5, 0.6) is 5.75 Å². The molecule has 1 atom stereocenters. The van der Waals surface area contributed by atoms with Crippen molar-refractivity contribution in [2.45, 2.75) is 31.9 Å². The molecule has 1 saturated heterocycles. The Morgan fingerprint density at radius 3 is 2.97 bits per heavy atom. The Kier molecular flexibility index (Phi) is 6.34. The smallest absolute Gasteiger partial charge is 0.387 e. The molecule has 2 aromatic heterocycles. The van der Waals surface area contributed by atoms with Crippen LogP contribution in [-0.2, 0) is 11.2 Å². The first-order valence-electron chi connectivity index (χ1n) is 9.89. The number of halogens is 2. The summed E-state index contributed by atoms with van der Waals surface area (Å²) in [5, 5.41) is 6.89. The summed E-state index contributed by atoms with van der Waals surface area (Å²) in [5.74, 6) is 0.801. The molecule has 1 amide bonds. The zero-order chi connectivity index (χ0) is 21.6. The van der Waals surface area contributed by atoms with Gasteiger partial charge < -0.3 is 19.5 Å². The van der Waals surface area contributed by atoms with Gasteiger partial charge in [-0.15, -0.1) is 0 Å². The third-order valence-electron chi connectivity index (χ3n) is 4.93. The second kappa shape index (κ2) is 9.50. The number of benzene rings is 1. The van der Waals surface area contributed by atoms with E-state index in [2.05, 4.69) is 25.2 Å². The fourth-order valence-corrected chi connectivity index (χ4v) is 3.50. The molecule has 3 aromatic rings. The largest absolute Gasteiger partial charge is 0.433 e. The number of carbonyl (C=O) groups is 1. The maximum atomic E-state index is 12.6. The number of hydrogen-bond donors (Lipinski definition) is 1. The zero-order valence-corrected chi connectivity index (χ0v) is 16.6. The minimum absolute atomic E-state index is 0.0826. The summed E-state index contributed by atoms with van der Waals surface area (Å²) >= 11 is 0. The van der Waals surface area contributed by atoms with Gasteiger partial charge in [-0.25, -0.2) is 0 Å². The zero-order valence-electron chi connectivity index (χ0n) is 16.6. The Bertz CT molecular complexity index is 1020. The number of aromatic nitrogens is 3. The van der Waals surface area contributed by atoms with Crippen LogP contribution in [0.15, 0.2) is 53.3 Å². The highest BCUT2D eigenvalue weighted by Gasteiger charge is 2.26. The lowest BCUT2D eigenvalue weighted by molar-refractivity contribution is -0.121. The van der Waals surface area contributed by atoms with Crippen LogP contribution in [0.2, 0.25) is 0 Å². The molecule has 1 unspecified atom stereocenters. The van der Waals surface area contributed by atoms with Crippen LogP contribution in [0, 0.1) is 0 Å².